The minimum Gasteiger partial charge on any atom is -0.495 e. The van der Waals surface area contributed by atoms with E-state index in [1.165, 1.54) is 11.1 Å². The zero-order valence-corrected chi connectivity index (χ0v) is 12.0. The smallest absolute Gasteiger partial charge is 0.255 e. The van der Waals surface area contributed by atoms with Crippen LogP contribution in [0.25, 0.3) is 0 Å². The number of benzene rings is 2. The van der Waals surface area contributed by atoms with Crippen molar-refractivity contribution in [2.24, 2.45) is 0 Å². The zero-order valence-electron chi connectivity index (χ0n) is 12.0. The van der Waals surface area contributed by atoms with Crippen molar-refractivity contribution >= 4 is 11.6 Å². The molecule has 0 saturated carbocycles. The lowest BCUT2D eigenvalue weighted by molar-refractivity contribution is 0.102. The second kappa shape index (κ2) is 5.97. The summed E-state index contributed by atoms with van der Waals surface area (Å²) in [6, 6.07) is 13.3. The molecule has 2 aromatic rings. The van der Waals surface area contributed by atoms with Crippen LogP contribution in [-0.2, 0) is 13.0 Å². The standard InChI is InChI=1S/C17H18N2O2/c1-21-16-5-3-2-4-15(16)19-17(20)13-7-6-12-8-9-18-11-14(12)10-13/h2-7,10,18H,8-9,11H2,1H3,(H,19,20). The maximum atomic E-state index is 12.4. The number of fused-ring (bicyclic) bond motifs is 1. The first-order valence-electron chi connectivity index (χ1n) is 7.05. The van der Waals surface area contributed by atoms with Crippen LogP contribution in [0.1, 0.15) is 21.5 Å². The van der Waals surface area contributed by atoms with Crippen molar-refractivity contribution in [2.75, 3.05) is 19.0 Å². The number of hydrogen-bond donors (Lipinski definition) is 2. The van der Waals surface area contributed by atoms with Crippen molar-refractivity contribution in [3.63, 3.8) is 0 Å². The Balaban J connectivity index is 1.82. The zero-order chi connectivity index (χ0) is 14.7. The molecule has 2 aromatic carbocycles. The molecule has 0 saturated heterocycles. The Hall–Kier alpha value is -2.33. The molecule has 21 heavy (non-hydrogen) atoms. The Morgan fingerprint density at radius 2 is 2.05 bits per heavy atom. The maximum absolute atomic E-state index is 12.4. The highest BCUT2D eigenvalue weighted by Gasteiger charge is 2.13. The second-order valence-corrected chi connectivity index (χ2v) is 5.06. The van der Waals surface area contributed by atoms with Crippen LogP contribution in [0.5, 0.6) is 5.75 Å². The normalized spacial score (nSPS) is 13.4. The number of carbonyl (C=O) groups excluding carboxylic acids is 1. The van der Waals surface area contributed by atoms with Crippen molar-refractivity contribution < 1.29 is 9.53 Å². The van der Waals surface area contributed by atoms with Crippen LogP contribution in [0, 0.1) is 0 Å². The third-order valence-corrected chi connectivity index (χ3v) is 3.71. The first kappa shape index (κ1) is 13.6. The number of rotatable bonds is 3. The highest BCUT2D eigenvalue weighted by atomic mass is 16.5. The first-order chi connectivity index (χ1) is 10.3. The Labute approximate surface area is 124 Å². The average molecular weight is 282 g/mol. The molecule has 0 aliphatic carbocycles. The number of amides is 1. The molecule has 0 bridgehead atoms. The summed E-state index contributed by atoms with van der Waals surface area (Å²) in [5.74, 6) is 0.540. The van der Waals surface area contributed by atoms with Gasteiger partial charge >= 0.3 is 0 Å². The van der Waals surface area contributed by atoms with Gasteiger partial charge in [-0.05, 0) is 48.4 Å². The Bertz CT molecular complexity index is 668. The van der Waals surface area contributed by atoms with Gasteiger partial charge in [0.1, 0.15) is 5.75 Å². The highest BCUT2D eigenvalue weighted by molar-refractivity contribution is 6.05. The van der Waals surface area contributed by atoms with Crippen molar-refractivity contribution in [1.82, 2.24) is 5.32 Å². The fourth-order valence-electron chi connectivity index (χ4n) is 2.56. The highest BCUT2D eigenvalue weighted by Crippen LogP contribution is 2.24. The Morgan fingerprint density at radius 3 is 2.90 bits per heavy atom. The molecule has 108 valence electrons. The van der Waals surface area contributed by atoms with Crippen LogP contribution in [0.4, 0.5) is 5.69 Å². The molecular formula is C17H18N2O2. The molecule has 3 rings (SSSR count). The lowest BCUT2D eigenvalue weighted by Gasteiger charge is -2.18. The van der Waals surface area contributed by atoms with Crippen molar-refractivity contribution in [3.8, 4) is 5.75 Å². The van der Waals surface area contributed by atoms with Gasteiger partial charge in [0.2, 0.25) is 0 Å². The van der Waals surface area contributed by atoms with Gasteiger partial charge in [0.05, 0.1) is 12.8 Å². The van der Waals surface area contributed by atoms with E-state index >= 15 is 0 Å². The van der Waals surface area contributed by atoms with Gasteiger partial charge < -0.3 is 15.4 Å². The summed E-state index contributed by atoms with van der Waals surface area (Å²) in [4.78, 5) is 12.4. The van der Waals surface area contributed by atoms with Crippen molar-refractivity contribution in [1.29, 1.82) is 0 Å². The number of hydrogen-bond acceptors (Lipinski definition) is 3. The number of methoxy groups -OCH3 is 1. The van der Waals surface area contributed by atoms with E-state index < -0.39 is 0 Å². The molecule has 1 amide bonds. The molecular weight excluding hydrogens is 264 g/mol. The largest absolute Gasteiger partial charge is 0.495 e. The summed E-state index contributed by atoms with van der Waals surface area (Å²) in [6.45, 7) is 1.82. The van der Waals surface area contributed by atoms with Gasteiger partial charge in [-0.3, -0.25) is 4.79 Å². The van der Waals surface area contributed by atoms with E-state index in [0.29, 0.717) is 17.0 Å². The summed E-state index contributed by atoms with van der Waals surface area (Å²) in [6.07, 6.45) is 1.02. The van der Waals surface area contributed by atoms with Gasteiger partial charge in [0.25, 0.3) is 5.91 Å². The van der Waals surface area contributed by atoms with Gasteiger partial charge in [0.15, 0.2) is 0 Å². The molecule has 1 aliphatic heterocycles. The number of nitrogens with one attached hydrogen (secondary N) is 2. The quantitative estimate of drug-likeness (QED) is 0.909. The maximum Gasteiger partial charge on any atom is 0.255 e. The van der Waals surface area contributed by atoms with Crippen molar-refractivity contribution in [2.45, 2.75) is 13.0 Å². The fraction of sp³-hybridized carbons (Fsp3) is 0.235. The summed E-state index contributed by atoms with van der Waals surface area (Å²) in [5, 5.41) is 6.22. The summed E-state index contributed by atoms with van der Waals surface area (Å²) < 4.78 is 5.25. The molecule has 1 aliphatic rings. The SMILES string of the molecule is COc1ccccc1NC(=O)c1ccc2c(c1)CNCC2. The Kier molecular flexibility index (Phi) is 3.88. The first-order valence-corrected chi connectivity index (χ1v) is 7.05. The molecule has 0 radical (unpaired) electrons. The molecule has 4 heteroatoms. The molecule has 0 unspecified atom stereocenters. The van der Waals surface area contributed by atoms with E-state index in [2.05, 4.69) is 10.6 Å². The second-order valence-electron chi connectivity index (χ2n) is 5.06. The van der Waals surface area contributed by atoms with E-state index in [4.69, 9.17) is 4.74 Å². The molecule has 0 atom stereocenters. The van der Waals surface area contributed by atoms with Crippen LogP contribution in [-0.4, -0.2) is 19.6 Å². The molecule has 4 nitrogen and oxygen atoms in total. The molecule has 0 spiro atoms. The lowest BCUT2D eigenvalue weighted by atomic mass is 9.98. The van der Waals surface area contributed by atoms with Gasteiger partial charge in [-0.2, -0.15) is 0 Å². The third kappa shape index (κ3) is 2.90. The van der Waals surface area contributed by atoms with Crippen LogP contribution in [0.2, 0.25) is 0 Å². The minimum atomic E-state index is -0.118. The van der Waals surface area contributed by atoms with Crippen LogP contribution >= 0.6 is 0 Å². The summed E-state index contributed by atoms with van der Waals surface area (Å²) >= 11 is 0. The topological polar surface area (TPSA) is 50.4 Å². The number of ether oxygens (including phenoxy) is 1. The van der Waals surface area contributed by atoms with Crippen LogP contribution in [0.15, 0.2) is 42.5 Å². The van der Waals surface area contributed by atoms with Gasteiger partial charge in [-0.15, -0.1) is 0 Å². The molecule has 0 fully saturated rings. The van der Waals surface area contributed by atoms with E-state index in [-0.39, 0.29) is 5.91 Å². The minimum absolute atomic E-state index is 0.118. The molecule has 2 N–H and O–H groups in total. The van der Waals surface area contributed by atoms with E-state index in [1.54, 1.807) is 7.11 Å². The van der Waals surface area contributed by atoms with E-state index in [1.807, 2.05) is 42.5 Å². The van der Waals surface area contributed by atoms with Gasteiger partial charge in [-0.1, -0.05) is 18.2 Å². The van der Waals surface area contributed by atoms with Crippen molar-refractivity contribution in [3.05, 3.63) is 59.2 Å². The third-order valence-electron chi connectivity index (χ3n) is 3.71. The van der Waals surface area contributed by atoms with Gasteiger partial charge in [0, 0.05) is 12.1 Å². The monoisotopic (exact) mass is 282 g/mol. The fourth-order valence-corrected chi connectivity index (χ4v) is 2.56. The summed E-state index contributed by atoms with van der Waals surface area (Å²) in [7, 11) is 1.59. The van der Waals surface area contributed by atoms with Crippen LogP contribution < -0.4 is 15.4 Å². The van der Waals surface area contributed by atoms with E-state index in [0.717, 1.165) is 19.5 Å². The van der Waals surface area contributed by atoms with E-state index in [9.17, 15) is 4.79 Å². The predicted molar refractivity (Wildman–Crippen MR) is 82.8 cm³/mol. The lowest BCUT2D eigenvalue weighted by Crippen LogP contribution is -2.24. The number of carbonyl (C=O) groups is 1. The predicted octanol–water partition coefficient (Wildman–Crippen LogP) is 2.59. The average Bonchev–Trinajstić information content (AvgIpc) is 2.55. The Morgan fingerprint density at radius 1 is 1.19 bits per heavy atom. The summed E-state index contributed by atoms with van der Waals surface area (Å²) in [5.41, 5.74) is 3.88. The van der Waals surface area contributed by atoms with Crippen LogP contribution in [0.3, 0.4) is 0 Å². The molecule has 1 heterocycles. The van der Waals surface area contributed by atoms with Gasteiger partial charge in [-0.25, -0.2) is 0 Å². The molecule has 0 aromatic heterocycles. The number of anilines is 1. The number of para-hydroxylation sites is 2.